The Hall–Kier alpha value is -1.10. The summed E-state index contributed by atoms with van der Waals surface area (Å²) < 4.78 is 5.58. The van der Waals surface area contributed by atoms with Crippen molar-refractivity contribution in [2.75, 3.05) is 19.8 Å². The average molecular weight is 298 g/mol. The lowest BCUT2D eigenvalue weighted by molar-refractivity contribution is -0.151. The van der Waals surface area contributed by atoms with Crippen molar-refractivity contribution >= 4 is 11.8 Å². The molecule has 21 heavy (non-hydrogen) atoms. The number of amides is 2. The summed E-state index contributed by atoms with van der Waals surface area (Å²) in [4.78, 5) is 26.4. The van der Waals surface area contributed by atoms with Gasteiger partial charge in [-0.05, 0) is 24.7 Å². The molecule has 122 valence electrons. The van der Waals surface area contributed by atoms with Crippen LogP contribution >= 0.6 is 0 Å². The van der Waals surface area contributed by atoms with Gasteiger partial charge in [-0.25, -0.2) is 0 Å². The molecule has 1 rings (SSSR count). The Labute approximate surface area is 128 Å². The van der Waals surface area contributed by atoms with Crippen molar-refractivity contribution in [2.45, 2.75) is 59.5 Å². The largest absolute Gasteiger partial charge is 0.379 e. The number of hydrogen-bond donors (Lipinski definition) is 1. The fraction of sp³-hybridized carbons (Fsp3) is 0.875. The molecule has 1 aliphatic heterocycles. The molecule has 0 radical (unpaired) electrons. The number of nitrogens with one attached hydrogen (secondary N) is 1. The zero-order chi connectivity index (χ0) is 16.0. The fourth-order valence-corrected chi connectivity index (χ4v) is 2.53. The maximum Gasteiger partial charge on any atom is 0.245 e. The molecule has 1 saturated heterocycles. The van der Waals surface area contributed by atoms with Crippen LogP contribution in [-0.2, 0) is 14.3 Å². The van der Waals surface area contributed by atoms with Crippen molar-refractivity contribution in [1.29, 1.82) is 0 Å². The number of carbonyl (C=O) groups is 2. The maximum absolute atomic E-state index is 12.5. The van der Waals surface area contributed by atoms with Gasteiger partial charge in [0.2, 0.25) is 11.8 Å². The summed E-state index contributed by atoms with van der Waals surface area (Å²) in [6.07, 6.45) is 1.32. The van der Waals surface area contributed by atoms with Gasteiger partial charge in [0.25, 0.3) is 0 Å². The van der Waals surface area contributed by atoms with Gasteiger partial charge in [-0.2, -0.15) is 0 Å². The SMILES string of the molecule is CCC1NC(=O)C(CC(C)C)N(CCOCC(C)C)C1=O. The highest BCUT2D eigenvalue weighted by Gasteiger charge is 2.39. The first-order valence-electron chi connectivity index (χ1n) is 8.05. The van der Waals surface area contributed by atoms with Gasteiger partial charge in [-0.1, -0.05) is 34.6 Å². The van der Waals surface area contributed by atoms with E-state index in [0.29, 0.717) is 44.4 Å². The van der Waals surface area contributed by atoms with E-state index in [1.54, 1.807) is 4.90 Å². The molecule has 1 aliphatic rings. The Bertz CT molecular complexity index is 355. The van der Waals surface area contributed by atoms with E-state index in [9.17, 15) is 9.59 Å². The summed E-state index contributed by atoms with van der Waals surface area (Å²) in [7, 11) is 0. The molecule has 1 N–H and O–H groups in total. The van der Waals surface area contributed by atoms with Crippen LogP contribution in [0.4, 0.5) is 0 Å². The summed E-state index contributed by atoms with van der Waals surface area (Å²) in [6, 6.07) is -0.742. The summed E-state index contributed by atoms with van der Waals surface area (Å²) in [5, 5.41) is 2.84. The molecule has 0 spiro atoms. The fourth-order valence-electron chi connectivity index (χ4n) is 2.53. The molecule has 0 aromatic rings. The van der Waals surface area contributed by atoms with Gasteiger partial charge in [-0.3, -0.25) is 9.59 Å². The Balaban J connectivity index is 2.69. The molecule has 0 saturated carbocycles. The Morgan fingerprint density at radius 2 is 1.86 bits per heavy atom. The molecule has 5 nitrogen and oxygen atoms in total. The molecule has 2 amide bonds. The zero-order valence-corrected chi connectivity index (χ0v) is 14.0. The number of hydrogen-bond acceptors (Lipinski definition) is 3. The number of ether oxygens (including phenoxy) is 1. The lowest BCUT2D eigenvalue weighted by atomic mass is 9.97. The molecular formula is C16H30N2O3. The normalized spacial score (nSPS) is 23.1. The maximum atomic E-state index is 12.5. The van der Waals surface area contributed by atoms with E-state index in [1.165, 1.54) is 0 Å². The average Bonchev–Trinajstić information content (AvgIpc) is 2.40. The van der Waals surface area contributed by atoms with Crippen LogP contribution < -0.4 is 5.32 Å². The predicted molar refractivity (Wildman–Crippen MR) is 82.8 cm³/mol. The molecule has 0 aromatic carbocycles. The van der Waals surface area contributed by atoms with Gasteiger partial charge < -0.3 is 15.0 Å². The first kappa shape index (κ1) is 18.0. The molecule has 2 unspecified atom stereocenters. The quantitative estimate of drug-likeness (QED) is 0.695. The summed E-state index contributed by atoms with van der Waals surface area (Å²) in [6.45, 7) is 11.9. The van der Waals surface area contributed by atoms with E-state index in [0.717, 1.165) is 0 Å². The van der Waals surface area contributed by atoms with E-state index in [1.807, 2.05) is 6.92 Å². The standard InChI is InChI=1S/C16H30N2O3/c1-6-13-16(20)18(7-8-21-10-12(4)5)14(9-11(2)3)15(19)17-13/h11-14H,6-10H2,1-5H3,(H,17,19). The molecule has 0 aromatic heterocycles. The number of piperazine rings is 1. The minimum Gasteiger partial charge on any atom is -0.379 e. The highest BCUT2D eigenvalue weighted by atomic mass is 16.5. The Morgan fingerprint density at radius 3 is 2.38 bits per heavy atom. The van der Waals surface area contributed by atoms with Crippen LogP contribution in [0.2, 0.25) is 0 Å². The highest BCUT2D eigenvalue weighted by Crippen LogP contribution is 2.18. The van der Waals surface area contributed by atoms with E-state index in [2.05, 4.69) is 33.0 Å². The van der Waals surface area contributed by atoms with Crippen molar-refractivity contribution < 1.29 is 14.3 Å². The number of carbonyl (C=O) groups excluding carboxylic acids is 2. The van der Waals surface area contributed by atoms with Crippen molar-refractivity contribution in [3.8, 4) is 0 Å². The molecule has 0 bridgehead atoms. The summed E-state index contributed by atoms with van der Waals surface area (Å²) >= 11 is 0. The first-order valence-corrected chi connectivity index (χ1v) is 8.05. The molecule has 1 fully saturated rings. The lowest BCUT2D eigenvalue weighted by Gasteiger charge is -2.39. The molecular weight excluding hydrogens is 268 g/mol. The third-order valence-corrected chi connectivity index (χ3v) is 3.61. The lowest BCUT2D eigenvalue weighted by Crippen LogP contribution is -2.63. The van der Waals surface area contributed by atoms with E-state index >= 15 is 0 Å². The van der Waals surface area contributed by atoms with Crippen LogP contribution in [0.3, 0.4) is 0 Å². The summed E-state index contributed by atoms with van der Waals surface area (Å²) in [5.74, 6) is 0.834. The molecule has 1 heterocycles. The van der Waals surface area contributed by atoms with Gasteiger partial charge in [0, 0.05) is 13.2 Å². The zero-order valence-electron chi connectivity index (χ0n) is 14.0. The van der Waals surface area contributed by atoms with Crippen molar-refractivity contribution in [3.05, 3.63) is 0 Å². The monoisotopic (exact) mass is 298 g/mol. The highest BCUT2D eigenvalue weighted by molar-refractivity contribution is 5.96. The van der Waals surface area contributed by atoms with E-state index in [-0.39, 0.29) is 23.9 Å². The third kappa shape index (κ3) is 5.30. The van der Waals surface area contributed by atoms with Gasteiger partial charge >= 0.3 is 0 Å². The minimum atomic E-state index is -0.383. The second-order valence-electron chi connectivity index (χ2n) is 6.62. The van der Waals surface area contributed by atoms with Gasteiger partial charge in [0.15, 0.2) is 0 Å². The number of nitrogens with zero attached hydrogens (tertiary/aromatic N) is 1. The first-order chi connectivity index (χ1) is 9.86. The smallest absolute Gasteiger partial charge is 0.245 e. The van der Waals surface area contributed by atoms with E-state index in [4.69, 9.17) is 4.74 Å². The molecule has 5 heteroatoms. The van der Waals surface area contributed by atoms with Gasteiger partial charge in [-0.15, -0.1) is 0 Å². The molecule has 2 atom stereocenters. The molecule has 0 aliphatic carbocycles. The van der Waals surface area contributed by atoms with Crippen LogP contribution in [0.25, 0.3) is 0 Å². The van der Waals surface area contributed by atoms with Crippen LogP contribution in [0.1, 0.15) is 47.5 Å². The van der Waals surface area contributed by atoms with Crippen LogP contribution in [0.5, 0.6) is 0 Å². The third-order valence-electron chi connectivity index (χ3n) is 3.61. The van der Waals surface area contributed by atoms with Crippen LogP contribution in [-0.4, -0.2) is 48.6 Å². The van der Waals surface area contributed by atoms with Gasteiger partial charge in [0.1, 0.15) is 12.1 Å². The van der Waals surface area contributed by atoms with Crippen molar-refractivity contribution in [2.24, 2.45) is 11.8 Å². The Kier molecular flexibility index (Phi) is 7.15. The van der Waals surface area contributed by atoms with Crippen LogP contribution in [0.15, 0.2) is 0 Å². The second-order valence-corrected chi connectivity index (χ2v) is 6.62. The van der Waals surface area contributed by atoms with Crippen molar-refractivity contribution in [3.63, 3.8) is 0 Å². The Morgan fingerprint density at radius 1 is 1.19 bits per heavy atom. The minimum absolute atomic E-state index is 0.0240. The number of rotatable bonds is 8. The van der Waals surface area contributed by atoms with Crippen LogP contribution in [0, 0.1) is 11.8 Å². The topological polar surface area (TPSA) is 58.6 Å². The summed E-state index contributed by atoms with van der Waals surface area (Å²) in [5.41, 5.74) is 0. The van der Waals surface area contributed by atoms with E-state index < -0.39 is 0 Å². The predicted octanol–water partition coefficient (Wildman–Crippen LogP) is 1.81. The second kappa shape index (κ2) is 8.37. The van der Waals surface area contributed by atoms with Crippen molar-refractivity contribution in [1.82, 2.24) is 10.2 Å². The van der Waals surface area contributed by atoms with Gasteiger partial charge in [0.05, 0.1) is 6.61 Å².